The van der Waals surface area contributed by atoms with Crippen molar-refractivity contribution >= 4 is 11.1 Å². The molecule has 1 atom stereocenters. The number of phenols is 1. The van der Waals surface area contributed by atoms with Crippen LogP contribution in [0.25, 0.3) is 22.3 Å². The van der Waals surface area contributed by atoms with Crippen LogP contribution < -0.4 is 0 Å². The van der Waals surface area contributed by atoms with Crippen molar-refractivity contribution in [1.29, 1.82) is 0 Å². The highest BCUT2D eigenvalue weighted by atomic mass is 16.3. The van der Waals surface area contributed by atoms with Crippen LogP contribution in [0.3, 0.4) is 0 Å². The van der Waals surface area contributed by atoms with Gasteiger partial charge in [-0.05, 0) is 76.1 Å². The minimum Gasteiger partial charge on any atom is -0.507 e. The minimum atomic E-state index is -0.201. The fourth-order valence-electron chi connectivity index (χ4n) is 6.18. The van der Waals surface area contributed by atoms with Crippen LogP contribution in [-0.2, 0) is 10.8 Å². The third kappa shape index (κ3) is 4.44. The van der Waals surface area contributed by atoms with Crippen molar-refractivity contribution in [3.63, 3.8) is 0 Å². The molecule has 39 heavy (non-hydrogen) atoms. The zero-order chi connectivity index (χ0) is 28.8. The van der Waals surface area contributed by atoms with E-state index in [4.69, 9.17) is 0 Å². The number of aliphatic hydroxyl groups excluding tert-OH is 1. The lowest BCUT2D eigenvalue weighted by Crippen LogP contribution is -2.39. The van der Waals surface area contributed by atoms with Crippen molar-refractivity contribution in [3.05, 3.63) is 113 Å². The van der Waals surface area contributed by atoms with Crippen molar-refractivity contribution < 1.29 is 10.2 Å². The first-order valence-electron chi connectivity index (χ1n) is 14.2. The van der Waals surface area contributed by atoms with Crippen LogP contribution in [0.1, 0.15) is 96.0 Å². The molecule has 1 aliphatic carbocycles. The third-order valence-corrected chi connectivity index (χ3v) is 9.75. The summed E-state index contributed by atoms with van der Waals surface area (Å²) in [5, 5.41) is 22.5. The molecular weight excluding hydrogens is 476 g/mol. The van der Waals surface area contributed by atoms with Gasteiger partial charge in [0.2, 0.25) is 0 Å². The average Bonchev–Trinajstić information content (AvgIpc) is 3.21. The summed E-state index contributed by atoms with van der Waals surface area (Å²) >= 11 is 0. The summed E-state index contributed by atoms with van der Waals surface area (Å²) in [6.07, 6.45) is 5.37. The van der Waals surface area contributed by atoms with Crippen molar-refractivity contribution in [2.45, 2.75) is 79.1 Å². The van der Waals surface area contributed by atoms with Crippen LogP contribution >= 0.6 is 0 Å². The maximum Gasteiger partial charge on any atom is 0.127 e. The van der Waals surface area contributed by atoms with E-state index in [1.807, 2.05) is 24.3 Å². The largest absolute Gasteiger partial charge is 0.507 e. The molecule has 0 aliphatic heterocycles. The zero-order valence-electron chi connectivity index (χ0n) is 24.9. The van der Waals surface area contributed by atoms with E-state index < -0.39 is 0 Å². The minimum absolute atomic E-state index is 0.00496. The second-order valence-corrected chi connectivity index (χ2v) is 12.4. The maximum atomic E-state index is 11.4. The van der Waals surface area contributed by atoms with E-state index in [0.717, 1.165) is 29.5 Å². The van der Waals surface area contributed by atoms with Gasteiger partial charge in [0.15, 0.2) is 0 Å². The van der Waals surface area contributed by atoms with E-state index in [2.05, 4.69) is 104 Å². The monoisotopic (exact) mass is 520 g/mol. The maximum absolute atomic E-state index is 11.4. The number of aromatic hydroxyl groups is 1. The summed E-state index contributed by atoms with van der Waals surface area (Å²) in [7, 11) is 0. The van der Waals surface area contributed by atoms with Crippen LogP contribution in [0, 0.1) is 5.41 Å². The standard InChI is InChI=1S/C37H44O2/c1-10-32(38)29(28-20-16-22-31(34(28)39)35(5,6)11-2)23-24(4)25-18-15-19-27-26-17-13-14-21-30(26)37(9,33(25)27)36(7,8)12-3/h10,13-23,38-39H,1,11-12H2,2-9H3/b24-23+,32-29-. The first-order chi connectivity index (χ1) is 18.4. The summed E-state index contributed by atoms with van der Waals surface area (Å²) < 4.78 is 0. The summed E-state index contributed by atoms with van der Waals surface area (Å²) in [6, 6.07) is 21.2. The Bertz CT molecular complexity index is 1480. The number of hydrogen-bond donors (Lipinski definition) is 2. The molecule has 0 amide bonds. The fourth-order valence-corrected chi connectivity index (χ4v) is 6.18. The Balaban J connectivity index is 1.98. The van der Waals surface area contributed by atoms with Gasteiger partial charge in [0.1, 0.15) is 11.5 Å². The first-order valence-corrected chi connectivity index (χ1v) is 14.2. The molecule has 0 saturated heterocycles. The first kappa shape index (κ1) is 28.5. The molecule has 2 heteroatoms. The highest BCUT2D eigenvalue weighted by Gasteiger charge is 2.49. The highest BCUT2D eigenvalue weighted by molar-refractivity contribution is 5.92. The van der Waals surface area contributed by atoms with Gasteiger partial charge in [0, 0.05) is 22.1 Å². The predicted molar refractivity (Wildman–Crippen MR) is 167 cm³/mol. The second kappa shape index (κ2) is 10.2. The molecule has 0 saturated carbocycles. The molecule has 0 bridgehead atoms. The molecule has 0 fully saturated rings. The lowest BCUT2D eigenvalue weighted by molar-refractivity contribution is 0.214. The Hall–Kier alpha value is -3.52. The molecule has 2 N–H and O–H groups in total. The van der Waals surface area contributed by atoms with Crippen molar-refractivity contribution in [1.82, 2.24) is 0 Å². The SMILES string of the molecule is C=C/C(O)=C(\C=C(/C)c1cccc2c1C(C)(C(C)(C)CC)c1ccccc1-2)c1cccc(C(C)(C)CC)c1O. The molecular formula is C37H44O2. The topological polar surface area (TPSA) is 40.5 Å². The van der Waals surface area contributed by atoms with Gasteiger partial charge in [-0.1, -0.05) is 116 Å². The second-order valence-electron chi connectivity index (χ2n) is 12.4. The van der Waals surface area contributed by atoms with E-state index in [9.17, 15) is 10.2 Å². The molecule has 3 aromatic rings. The Morgan fingerprint density at radius 2 is 1.49 bits per heavy atom. The van der Waals surface area contributed by atoms with Crippen molar-refractivity contribution in [2.75, 3.05) is 0 Å². The van der Waals surface area contributed by atoms with Gasteiger partial charge in [-0.15, -0.1) is 0 Å². The van der Waals surface area contributed by atoms with Gasteiger partial charge < -0.3 is 10.2 Å². The molecule has 0 heterocycles. The van der Waals surface area contributed by atoms with E-state index >= 15 is 0 Å². The molecule has 3 aromatic carbocycles. The van der Waals surface area contributed by atoms with Gasteiger partial charge in [-0.2, -0.15) is 0 Å². The molecule has 1 aliphatic rings. The summed E-state index contributed by atoms with van der Waals surface area (Å²) in [4.78, 5) is 0. The third-order valence-electron chi connectivity index (χ3n) is 9.75. The van der Waals surface area contributed by atoms with E-state index in [0.29, 0.717) is 11.1 Å². The van der Waals surface area contributed by atoms with Crippen LogP contribution in [0.2, 0.25) is 0 Å². The summed E-state index contributed by atoms with van der Waals surface area (Å²) in [6.45, 7) is 21.7. The molecule has 0 aromatic heterocycles. The van der Waals surface area contributed by atoms with E-state index in [1.54, 1.807) is 0 Å². The van der Waals surface area contributed by atoms with E-state index in [1.165, 1.54) is 28.3 Å². The predicted octanol–water partition coefficient (Wildman–Crippen LogP) is 10.4. The van der Waals surface area contributed by atoms with Gasteiger partial charge in [-0.25, -0.2) is 0 Å². The molecule has 2 nitrogen and oxygen atoms in total. The summed E-state index contributed by atoms with van der Waals surface area (Å²) in [5.41, 5.74) is 9.10. The fraction of sp³-hybridized carbons (Fsp3) is 0.351. The molecule has 0 spiro atoms. The smallest absolute Gasteiger partial charge is 0.127 e. The lowest BCUT2D eigenvalue weighted by atomic mass is 9.59. The van der Waals surface area contributed by atoms with Crippen molar-refractivity contribution in [3.8, 4) is 16.9 Å². The van der Waals surface area contributed by atoms with Crippen LogP contribution in [0.15, 0.2) is 85.2 Å². The van der Waals surface area contributed by atoms with Gasteiger partial charge in [0.25, 0.3) is 0 Å². The number of phenolic OH excluding ortho intramolecular Hbond substituents is 1. The normalized spacial score (nSPS) is 17.9. The van der Waals surface area contributed by atoms with Crippen LogP contribution in [0.4, 0.5) is 0 Å². The Kier molecular flexibility index (Phi) is 7.47. The number of fused-ring (bicyclic) bond motifs is 3. The number of allylic oxidation sites excluding steroid dienone is 4. The number of hydrogen-bond acceptors (Lipinski definition) is 2. The Morgan fingerprint density at radius 3 is 2.13 bits per heavy atom. The molecule has 204 valence electrons. The van der Waals surface area contributed by atoms with Gasteiger partial charge >= 0.3 is 0 Å². The number of benzene rings is 3. The number of rotatable bonds is 8. The van der Waals surface area contributed by atoms with Crippen LogP contribution in [0.5, 0.6) is 5.75 Å². The summed E-state index contributed by atoms with van der Waals surface area (Å²) in [5.74, 6) is 0.253. The number of para-hydroxylation sites is 1. The van der Waals surface area contributed by atoms with Crippen LogP contribution in [-0.4, -0.2) is 10.2 Å². The number of aliphatic hydroxyl groups is 1. The Morgan fingerprint density at radius 1 is 0.872 bits per heavy atom. The quantitative estimate of drug-likeness (QED) is 0.229. The average molecular weight is 521 g/mol. The molecule has 4 rings (SSSR count). The Labute approximate surface area is 235 Å². The van der Waals surface area contributed by atoms with Gasteiger partial charge in [0.05, 0.1) is 0 Å². The highest BCUT2D eigenvalue weighted by Crippen LogP contribution is 2.59. The van der Waals surface area contributed by atoms with Gasteiger partial charge in [-0.3, -0.25) is 0 Å². The molecule has 1 unspecified atom stereocenters. The van der Waals surface area contributed by atoms with E-state index in [-0.39, 0.29) is 27.8 Å². The molecule has 0 radical (unpaired) electrons. The zero-order valence-corrected chi connectivity index (χ0v) is 24.9. The van der Waals surface area contributed by atoms with Crippen molar-refractivity contribution in [2.24, 2.45) is 5.41 Å². The lowest BCUT2D eigenvalue weighted by Gasteiger charge is -2.44.